The van der Waals surface area contributed by atoms with Crippen LogP contribution in [0.5, 0.6) is 11.5 Å². The third-order valence-corrected chi connectivity index (χ3v) is 6.28. The number of rotatable bonds is 3. The third kappa shape index (κ3) is 2.89. The van der Waals surface area contributed by atoms with Gasteiger partial charge >= 0.3 is 5.97 Å². The van der Waals surface area contributed by atoms with Gasteiger partial charge in [-0.25, -0.2) is 5.43 Å². The van der Waals surface area contributed by atoms with Crippen molar-refractivity contribution in [1.29, 1.82) is 0 Å². The van der Waals surface area contributed by atoms with Gasteiger partial charge in [-0.15, -0.1) is 0 Å². The zero-order chi connectivity index (χ0) is 20.8. The molecule has 0 spiro atoms. The molecule has 0 aliphatic carbocycles. The zero-order valence-corrected chi connectivity index (χ0v) is 16.8. The Labute approximate surface area is 173 Å². The van der Waals surface area contributed by atoms with E-state index >= 15 is 0 Å². The van der Waals surface area contributed by atoms with Crippen LogP contribution in [0.3, 0.4) is 0 Å². The number of ether oxygens (including phenoxy) is 2. The number of aryl methyl sites for hydroxylation is 1. The molecule has 0 bridgehead atoms. The zero-order valence-electron chi connectivity index (χ0n) is 16.8. The fourth-order valence-corrected chi connectivity index (χ4v) is 4.76. The molecule has 3 heterocycles. The summed E-state index contributed by atoms with van der Waals surface area (Å²) < 4.78 is 12.5. The molecular formula is C23H23N3O4. The summed E-state index contributed by atoms with van der Waals surface area (Å²) in [6.45, 7) is 0.643. The molecule has 3 aromatic rings. The van der Waals surface area contributed by atoms with Crippen molar-refractivity contribution < 1.29 is 14.3 Å². The molecule has 2 aliphatic heterocycles. The van der Waals surface area contributed by atoms with E-state index in [1.54, 1.807) is 18.7 Å². The first-order valence-corrected chi connectivity index (χ1v) is 10.0. The van der Waals surface area contributed by atoms with Crippen LogP contribution >= 0.6 is 0 Å². The van der Waals surface area contributed by atoms with E-state index in [4.69, 9.17) is 9.47 Å². The van der Waals surface area contributed by atoms with Crippen LogP contribution in [0.25, 0.3) is 10.9 Å². The molecule has 1 aromatic heterocycles. The van der Waals surface area contributed by atoms with Crippen molar-refractivity contribution in [1.82, 2.24) is 15.4 Å². The first kappa shape index (κ1) is 18.8. The van der Waals surface area contributed by atoms with Gasteiger partial charge < -0.3 is 14.0 Å². The summed E-state index contributed by atoms with van der Waals surface area (Å²) in [5.41, 5.74) is 8.85. The second kappa shape index (κ2) is 7.27. The predicted molar refractivity (Wildman–Crippen MR) is 113 cm³/mol. The summed E-state index contributed by atoms with van der Waals surface area (Å²) >= 11 is 0. The molecule has 7 heteroatoms. The van der Waals surface area contributed by atoms with E-state index in [-0.39, 0.29) is 35.8 Å². The molecule has 30 heavy (non-hydrogen) atoms. The summed E-state index contributed by atoms with van der Waals surface area (Å²) in [6, 6.07) is 15.3. The highest BCUT2D eigenvalue weighted by molar-refractivity contribution is 5.91. The Morgan fingerprint density at radius 1 is 1.10 bits per heavy atom. The molecule has 3 atom stereocenters. The summed E-state index contributed by atoms with van der Waals surface area (Å²) in [6.07, 6.45) is 0.182. The van der Waals surface area contributed by atoms with Crippen LogP contribution in [0.1, 0.15) is 29.5 Å². The van der Waals surface area contributed by atoms with Crippen molar-refractivity contribution in [2.75, 3.05) is 13.7 Å². The SMILES string of the molecule is COc1ccc(C2NNCC2C2CC(=O)Oc3c2c(=O)n(C)c2ccccc32)cc1. The lowest BCUT2D eigenvalue weighted by molar-refractivity contribution is -0.136. The molecule has 0 saturated carbocycles. The molecule has 2 aromatic carbocycles. The highest BCUT2D eigenvalue weighted by Crippen LogP contribution is 2.45. The predicted octanol–water partition coefficient (Wildman–Crippen LogP) is 2.41. The number of aromatic nitrogens is 1. The van der Waals surface area contributed by atoms with Crippen molar-refractivity contribution in [2.45, 2.75) is 18.4 Å². The number of hydrogen-bond acceptors (Lipinski definition) is 6. The minimum absolute atomic E-state index is 0.0128. The van der Waals surface area contributed by atoms with E-state index in [2.05, 4.69) is 10.9 Å². The van der Waals surface area contributed by atoms with E-state index in [1.165, 1.54) is 0 Å². The normalized spacial score (nSPS) is 23.3. The number of methoxy groups -OCH3 is 1. The molecule has 0 amide bonds. The van der Waals surface area contributed by atoms with Crippen LogP contribution in [-0.2, 0) is 11.8 Å². The van der Waals surface area contributed by atoms with E-state index in [9.17, 15) is 9.59 Å². The number of hydrogen-bond donors (Lipinski definition) is 2. The van der Waals surface area contributed by atoms with Crippen molar-refractivity contribution in [3.63, 3.8) is 0 Å². The third-order valence-electron chi connectivity index (χ3n) is 6.28. The first-order chi connectivity index (χ1) is 14.6. The number of benzene rings is 2. The molecule has 1 fully saturated rings. The Balaban J connectivity index is 1.63. The van der Waals surface area contributed by atoms with Crippen LogP contribution in [0.2, 0.25) is 0 Å². The summed E-state index contributed by atoms with van der Waals surface area (Å²) in [5, 5.41) is 0.785. The van der Waals surface area contributed by atoms with Gasteiger partial charge in [-0.05, 0) is 29.8 Å². The highest BCUT2D eigenvalue weighted by Gasteiger charge is 2.42. The van der Waals surface area contributed by atoms with Crippen LogP contribution < -0.4 is 25.9 Å². The summed E-state index contributed by atoms with van der Waals surface area (Å²) in [7, 11) is 3.41. The van der Waals surface area contributed by atoms with Gasteiger partial charge in [0.1, 0.15) is 11.5 Å². The molecule has 5 rings (SSSR count). The van der Waals surface area contributed by atoms with Gasteiger partial charge in [-0.1, -0.05) is 24.3 Å². The topological polar surface area (TPSA) is 81.6 Å². The molecule has 1 saturated heterocycles. The minimum Gasteiger partial charge on any atom is -0.497 e. The van der Waals surface area contributed by atoms with Crippen LogP contribution in [0, 0.1) is 5.92 Å². The fraction of sp³-hybridized carbons (Fsp3) is 0.304. The van der Waals surface area contributed by atoms with Crippen molar-refractivity contribution >= 4 is 16.9 Å². The van der Waals surface area contributed by atoms with Gasteiger partial charge in [0.15, 0.2) is 0 Å². The average Bonchev–Trinajstić information content (AvgIpc) is 3.27. The van der Waals surface area contributed by atoms with Gasteiger partial charge in [-0.2, -0.15) is 0 Å². The van der Waals surface area contributed by atoms with E-state index in [0.29, 0.717) is 17.9 Å². The number of fused-ring (bicyclic) bond motifs is 3. The van der Waals surface area contributed by atoms with Gasteiger partial charge in [0.05, 0.1) is 30.7 Å². The quantitative estimate of drug-likeness (QED) is 0.652. The monoisotopic (exact) mass is 405 g/mol. The molecular weight excluding hydrogens is 382 g/mol. The van der Waals surface area contributed by atoms with Gasteiger partial charge in [-0.3, -0.25) is 15.0 Å². The summed E-state index contributed by atoms with van der Waals surface area (Å²) in [5.74, 6) is 0.660. The number of esters is 1. The Morgan fingerprint density at radius 3 is 2.63 bits per heavy atom. The summed E-state index contributed by atoms with van der Waals surface area (Å²) in [4.78, 5) is 25.9. The van der Waals surface area contributed by atoms with Crippen LogP contribution in [-0.4, -0.2) is 24.2 Å². The Morgan fingerprint density at radius 2 is 1.87 bits per heavy atom. The van der Waals surface area contributed by atoms with E-state index in [1.807, 2.05) is 48.5 Å². The Kier molecular flexibility index (Phi) is 4.56. The second-order valence-corrected chi connectivity index (χ2v) is 7.85. The molecule has 2 aliphatic rings. The number of carbonyl (C=O) groups is 1. The van der Waals surface area contributed by atoms with Crippen molar-refractivity contribution in [2.24, 2.45) is 13.0 Å². The van der Waals surface area contributed by atoms with Gasteiger partial charge in [0.2, 0.25) is 0 Å². The second-order valence-electron chi connectivity index (χ2n) is 7.85. The van der Waals surface area contributed by atoms with Crippen molar-refractivity contribution in [3.8, 4) is 11.5 Å². The molecule has 2 N–H and O–H groups in total. The Bertz CT molecular complexity index is 1190. The molecule has 3 unspecified atom stereocenters. The molecule has 0 radical (unpaired) electrons. The van der Waals surface area contributed by atoms with Crippen molar-refractivity contribution in [3.05, 3.63) is 70.0 Å². The largest absolute Gasteiger partial charge is 0.497 e. The molecule has 7 nitrogen and oxygen atoms in total. The number of pyridine rings is 1. The average molecular weight is 405 g/mol. The number of carbonyl (C=O) groups excluding carboxylic acids is 1. The van der Waals surface area contributed by atoms with E-state index in [0.717, 1.165) is 22.2 Å². The lowest BCUT2D eigenvalue weighted by atomic mass is 9.77. The lowest BCUT2D eigenvalue weighted by Crippen LogP contribution is -2.36. The number of hydrazine groups is 1. The van der Waals surface area contributed by atoms with Crippen LogP contribution in [0.15, 0.2) is 53.3 Å². The van der Waals surface area contributed by atoms with E-state index < -0.39 is 0 Å². The molecule has 154 valence electrons. The van der Waals surface area contributed by atoms with Crippen LogP contribution in [0.4, 0.5) is 0 Å². The lowest BCUT2D eigenvalue weighted by Gasteiger charge is -2.32. The maximum absolute atomic E-state index is 13.3. The number of para-hydroxylation sites is 1. The maximum Gasteiger partial charge on any atom is 0.311 e. The standard InChI is InChI=1S/C23H23N3O4/c1-26-18-6-4-3-5-15(18)22-20(23(26)28)16(11-19(27)30-22)17-12-24-25-21(17)13-7-9-14(29-2)10-8-13/h3-10,16-17,21,24-25H,11-12H2,1-2H3. The fourth-order valence-electron chi connectivity index (χ4n) is 4.76. The smallest absolute Gasteiger partial charge is 0.311 e. The number of nitrogens with one attached hydrogen (secondary N) is 2. The minimum atomic E-state index is -0.300. The number of nitrogens with zero attached hydrogens (tertiary/aromatic N) is 1. The maximum atomic E-state index is 13.3. The van der Waals surface area contributed by atoms with Gasteiger partial charge in [0.25, 0.3) is 5.56 Å². The highest BCUT2D eigenvalue weighted by atomic mass is 16.5. The van der Waals surface area contributed by atoms with Gasteiger partial charge in [0, 0.05) is 30.8 Å². The first-order valence-electron chi connectivity index (χ1n) is 10.0. The Hall–Kier alpha value is -3.16.